The highest BCUT2D eigenvalue weighted by atomic mass is 35.5. The fourth-order valence-corrected chi connectivity index (χ4v) is 3.86. The van der Waals surface area contributed by atoms with E-state index >= 15 is 0 Å². The highest BCUT2D eigenvalue weighted by Gasteiger charge is 2.33. The van der Waals surface area contributed by atoms with Gasteiger partial charge in [0.2, 0.25) is 5.91 Å². The molecule has 0 fully saturated rings. The number of aromatic amines is 1. The Morgan fingerprint density at radius 2 is 2.07 bits per heavy atom. The van der Waals surface area contributed by atoms with E-state index < -0.39 is 0 Å². The van der Waals surface area contributed by atoms with Crippen molar-refractivity contribution in [3.8, 4) is 11.3 Å². The minimum Gasteiger partial charge on any atom is -0.332 e. The van der Waals surface area contributed by atoms with Crippen LogP contribution in [0.15, 0.2) is 48.8 Å². The van der Waals surface area contributed by atoms with Gasteiger partial charge in [-0.15, -0.1) is 0 Å². The predicted molar refractivity (Wildman–Crippen MR) is 111 cm³/mol. The first-order valence-corrected chi connectivity index (χ1v) is 9.26. The minimum absolute atomic E-state index is 0. The van der Waals surface area contributed by atoms with E-state index in [9.17, 15) is 4.79 Å². The number of halogens is 1. The summed E-state index contributed by atoms with van der Waals surface area (Å²) in [7, 11) is 0. The highest BCUT2D eigenvalue weighted by molar-refractivity contribution is 6.31. The monoisotopic (exact) mass is 397 g/mol. The van der Waals surface area contributed by atoms with E-state index in [-0.39, 0.29) is 19.3 Å². The molecule has 0 saturated carbocycles. The van der Waals surface area contributed by atoms with Gasteiger partial charge < -0.3 is 10.6 Å². The fraction of sp³-hybridized carbons (Fsp3) is 0.286. The summed E-state index contributed by atoms with van der Waals surface area (Å²) in [5.41, 5.74) is 10.4. The number of aromatic nitrogens is 3. The van der Waals surface area contributed by atoms with Crippen LogP contribution in [0.5, 0.6) is 0 Å². The Labute approximate surface area is 169 Å². The van der Waals surface area contributed by atoms with E-state index in [1.807, 2.05) is 41.3 Å². The Kier molecular flexibility index (Phi) is 6.11. The first-order valence-electron chi connectivity index (χ1n) is 8.89. The van der Waals surface area contributed by atoms with Crippen molar-refractivity contribution < 1.29 is 4.79 Å². The molecule has 1 aromatic carbocycles. The summed E-state index contributed by atoms with van der Waals surface area (Å²) in [5, 5.41) is 8.08. The number of pyridine rings is 1. The van der Waals surface area contributed by atoms with Gasteiger partial charge in [0.05, 0.1) is 30.4 Å². The van der Waals surface area contributed by atoms with Crippen molar-refractivity contribution in [2.45, 2.75) is 32.9 Å². The molecule has 3 N–H and O–H groups in total. The number of fused-ring (bicyclic) bond motifs is 1. The van der Waals surface area contributed by atoms with Gasteiger partial charge in [0.25, 0.3) is 0 Å². The number of hydrogen-bond acceptors (Lipinski definition) is 4. The molecule has 0 bridgehead atoms. The molecule has 6 nitrogen and oxygen atoms in total. The Hall–Kier alpha value is -2.70. The minimum atomic E-state index is -0.345. The molecule has 1 atom stereocenters. The largest absolute Gasteiger partial charge is 0.332 e. The van der Waals surface area contributed by atoms with Crippen molar-refractivity contribution in [3.05, 3.63) is 70.6 Å². The number of rotatable bonds is 5. The summed E-state index contributed by atoms with van der Waals surface area (Å²) >= 11 is 6.34. The molecule has 28 heavy (non-hydrogen) atoms. The topological polar surface area (TPSA) is 87.9 Å². The second-order valence-electron chi connectivity index (χ2n) is 6.62. The summed E-state index contributed by atoms with van der Waals surface area (Å²) in [6.45, 7) is 1.44. The van der Waals surface area contributed by atoms with Crippen LogP contribution in [0, 0.1) is 0 Å². The molecule has 1 amide bonds. The van der Waals surface area contributed by atoms with E-state index in [0.29, 0.717) is 31.1 Å². The van der Waals surface area contributed by atoms with Crippen LogP contribution < -0.4 is 5.73 Å². The van der Waals surface area contributed by atoms with E-state index in [2.05, 4.69) is 15.2 Å². The van der Waals surface area contributed by atoms with Crippen molar-refractivity contribution in [1.82, 2.24) is 20.1 Å². The van der Waals surface area contributed by atoms with Gasteiger partial charge in [-0.25, -0.2) is 0 Å². The zero-order valence-electron chi connectivity index (χ0n) is 14.7. The standard InChI is InChI=1S/C20H20ClN5O.CH4/c21-17-6-2-1-5-14(17)15(7-8-22)20(27)26-11-16-18(12-26)24-25-19(16)13-4-3-9-23-10-13;/h1-6,9-10,15H,7-8,11-12,22H2,(H,24,25);1H4. The normalized spacial score (nSPS) is 13.7. The third-order valence-electron chi connectivity index (χ3n) is 4.93. The maximum atomic E-state index is 13.3. The molecule has 1 aliphatic rings. The zero-order chi connectivity index (χ0) is 18.8. The molecule has 0 spiro atoms. The van der Waals surface area contributed by atoms with Crippen LogP contribution in [0.3, 0.4) is 0 Å². The quantitative estimate of drug-likeness (QED) is 0.686. The van der Waals surface area contributed by atoms with Crippen LogP contribution in [-0.2, 0) is 17.9 Å². The molecular formula is C21H24ClN5O. The number of hydrogen-bond donors (Lipinski definition) is 2. The number of nitrogens with one attached hydrogen (secondary N) is 1. The average Bonchev–Trinajstić information content (AvgIpc) is 3.28. The van der Waals surface area contributed by atoms with Gasteiger partial charge in [0.15, 0.2) is 0 Å². The molecule has 1 aliphatic heterocycles. The third-order valence-corrected chi connectivity index (χ3v) is 5.28. The van der Waals surface area contributed by atoms with Crippen molar-refractivity contribution in [2.75, 3.05) is 6.54 Å². The van der Waals surface area contributed by atoms with E-state index in [1.54, 1.807) is 12.4 Å². The Bertz CT molecular complexity index is 956. The Morgan fingerprint density at radius 3 is 2.79 bits per heavy atom. The summed E-state index contributed by atoms with van der Waals surface area (Å²) in [6, 6.07) is 11.3. The van der Waals surface area contributed by atoms with Crippen LogP contribution >= 0.6 is 11.6 Å². The van der Waals surface area contributed by atoms with Crippen LogP contribution in [0.4, 0.5) is 0 Å². The van der Waals surface area contributed by atoms with E-state index in [4.69, 9.17) is 17.3 Å². The number of carbonyl (C=O) groups is 1. The Balaban J connectivity index is 0.00000225. The summed E-state index contributed by atoms with van der Waals surface area (Å²) in [4.78, 5) is 19.3. The van der Waals surface area contributed by atoms with Crippen molar-refractivity contribution in [3.63, 3.8) is 0 Å². The highest BCUT2D eigenvalue weighted by Crippen LogP contribution is 2.34. The second-order valence-corrected chi connectivity index (χ2v) is 7.02. The molecule has 7 heteroatoms. The molecule has 1 unspecified atom stereocenters. The fourth-order valence-electron chi connectivity index (χ4n) is 3.59. The molecule has 0 radical (unpaired) electrons. The van der Waals surface area contributed by atoms with Crippen molar-refractivity contribution in [1.29, 1.82) is 0 Å². The lowest BCUT2D eigenvalue weighted by Gasteiger charge is -2.24. The maximum absolute atomic E-state index is 13.3. The van der Waals surface area contributed by atoms with Gasteiger partial charge in [-0.05, 0) is 36.7 Å². The summed E-state index contributed by atoms with van der Waals surface area (Å²) < 4.78 is 0. The van der Waals surface area contributed by atoms with Crippen LogP contribution in [0.25, 0.3) is 11.3 Å². The first-order chi connectivity index (χ1) is 13.2. The number of benzene rings is 1. The average molecular weight is 398 g/mol. The van der Waals surface area contributed by atoms with Crippen LogP contribution in [0.1, 0.15) is 36.6 Å². The molecule has 0 saturated heterocycles. The lowest BCUT2D eigenvalue weighted by Crippen LogP contribution is -2.32. The molecule has 3 aromatic rings. The second kappa shape index (κ2) is 8.54. The predicted octanol–water partition coefficient (Wildman–Crippen LogP) is 3.74. The summed E-state index contributed by atoms with van der Waals surface area (Å²) in [6.07, 6.45) is 4.07. The van der Waals surface area contributed by atoms with Gasteiger partial charge in [-0.3, -0.25) is 14.9 Å². The molecule has 3 heterocycles. The lowest BCUT2D eigenvalue weighted by molar-refractivity contribution is -0.133. The first kappa shape index (κ1) is 20.0. The van der Waals surface area contributed by atoms with Gasteiger partial charge in [-0.2, -0.15) is 5.10 Å². The lowest BCUT2D eigenvalue weighted by atomic mass is 9.94. The van der Waals surface area contributed by atoms with Crippen LogP contribution in [0.2, 0.25) is 5.02 Å². The molecule has 4 rings (SSSR count). The summed E-state index contributed by atoms with van der Waals surface area (Å²) in [5.74, 6) is -0.308. The SMILES string of the molecule is C.NCCC(C(=O)N1Cc2[nH]nc(-c3cccnc3)c2C1)c1ccccc1Cl. The van der Waals surface area contributed by atoms with E-state index in [1.165, 1.54) is 0 Å². The number of H-pyrrole nitrogens is 1. The number of amides is 1. The molecule has 2 aromatic heterocycles. The number of carbonyl (C=O) groups excluding carboxylic acids is 1. The van der Waals surface area contributed by atoms with Crippen LogP contribution in [-0.4, -0.2) is 32.5 Å². The molecular weight excluding hydrogens is 374 g/mol. The number of nitrogens with two attached hydrogens (primary N) is 1. The molecule has 146 valence electrons. The van der Waals surface area contributed by atoms with E-state index in [0.717, 1.165) is 28.1 Å². The van der Waals surface area contributed by atoms with Gasteiger partial charge >= 0.3 is 0 Å². The third kappa shape index (κ3) is 3.66. The van der Waals surface area contributed by atoms with Crippen molar-refractivity contribution in [2.24, 2.45) is 5.73 Å². The zero-order valence-corrected chi connectivity index (χ0v) is 15.5. The van der Waals surface area contributed by atoms with Gasteiger partial charge in [-0.1, -0.05) is 37.2 Å². The maximum Gasteiger partial charge on any atom is 0.230 e. The smallest absolute Gasteiger partial charge is 0.230 e. The Morgan fingerprint density at radius 1 is 1.25 bits per heavy atom. The molecule has 0 aliphatic carbocycles. The van der Waals surface area contributed by atoms with Gasteiger partial charge in [0, 0.05) is 28.5 Å². The van der Waals surface area contributed by atoms with Gasteiger partial charge in [0.1, 0.15) is 0 Å². The number of nitrogens with zero attached hydrogens (tertiary/aromatic N) is 3. The van der Waals surface area contributed by atoms with Crippen molar-refractivity contribution >= 4 is 17.5 Å².